The highest BCUT2D eigenvalue weighted by Gasteiger charge is 2.07. The van der Waals surface area contributed by atoms with Gasteiger partial charge < -0.3 is 19.9 Å². The van der Waals surface area contributed by atoms with Crippen molar-refractivity contribution in [2.45, 2.75) is 6.42 Å². The van der Waals surface area contributed by atoms with Gasteiger partial charge in [-0.25, -0.2) is 0 Å². The minimum absolute atomic E-state index is 0.0708. The van der Waals surface area contributed by atoms with Crippen LogP contribution in [0.15, 0.2) is 18.2 Å². The molecule has 0 atom stereocenters. The average Bonchev–Trinajstić information content (AvgIpc) is 2.39. The molecule has 0 aliphatic rings. The molecular formula is C13H19ClN2O3. The SMILES string of the molecule is COCCCOCCOc1ccc(Cl)cc1C(=N)N. The van der Waals surface area contributed by atoms with Gasteiger partial charge in [0.05, 0.1) is 12.2 Å². The molecule has 0 amide bonds. The first-order chi connectivity index (χ1) is 9.15. The summed E-state index contributed by atoms with van der Waals surface area (Å²) in [5.74, 6) is 0.468. The molecule has 0 unspecified atom stereocenters. The molecule has 0 saturated heterocycles. The van der Waals surface area contributed by atoms with Crippen LogP contribution in [0.3, 0.4) is 0 Å². The first kappa shape index (κ1) is 15.8. The van der Waals surface area contributed by atoms with E-state index in [1.165, 1.54) is 0 Å². The predicted octanol–water partition coefficient (Wildman–Crippen LogP) is 2.06. The zero-order chi connectivity index (χ0) is 14.1. The third-order valence-electron chi connectivity index (χ3n) is 2.35. The van der Waals surface area contributed by atoms with E-state index in [9.17, 15) is 0 Å². The van der Waals surface area contributed by atoms with Crippen LogP contribution in [0.1, 0.15) is 12.0 Å². The molecule has 3 N–H and O–H groups in total. The quantitative estimate of drug-likeness (QED) is 0.414. The summed E-state index contributed by atoms with van der Waals surface area (Å²) in [7, 11) is 1.66. The molecule has 1 aromatic carbocycles. The van der Waals surface area contributed by atoms with Crippen LogP contribution in [0.5, 0.6) is 5.75 Å². The monoisotopic (exact) mass is 286 g/mol. The van der Waals surface area contributed by atoms with E-state index in [-0.39, 0.29) is 5.84 Å². The number of nitrogens with one attached hydrogen (secondary N) is 1. The van der Waals surface area contributed by atoms with Gasteiger partial charge in [-0.2, -0.15) is 0 Å². The van der Waals surface area contributed by atoms with Crippen LogP contribution >= 0.6 is 11.6 Å². The molecule has 0 aliphatic carbocycles. The summed E-state index contributed by atoms with van der Waals surface area (Å²) in [6.07, 6.45) is 0.857. The summed E-state index contributed by atoms with van der Waals surface area (Å²) in [6, 6.07) is 5.01. The van der Waals surface area contributed by atoms with Crippen molar-refractivity contribution in [3.63, 3.8) is 0 Å². The molecule has 0 spiro atoms. The molecule has 5 nitrogen and oxygen atoms in total. The summed E-state index contributed by atoms with van der Waals surface area (Å²) in [5.41, 5.74) is 5.96. The van der Waals surface area contributed by atoms with Gasteiger partial charge in [-0.3, -0.25) is 5.41 Å². The maximum atomic E-state index is 7.46. The molecule has 0 aliphatic heterocycles. The summed E-state index contributed by atoms with van der Waals surface area (Å²) in [6.45, 7) is 2.20. The molecular weight excluding hydrogens is 268 g/mol. The number of hydrogen-bond donors (Lipinski definition) is 2. The van der Waals surface area contributed by atoms with Gasteiger partial charge in [0.2, 0.25) is 0 Å². The van der Waals surface area contributed by atoms with Crippen molar-refractivity contribution in [1.29, 1.82) is 5.41 Å². The van der Waals surface area contributed by atoms with Crippen LogP contribution in [0.2, 0.25) is 5.02 Å². The van der Waals surface area contributed by atoms with Crippen LogP contribution in [-0.2, 0) is 9.47 Å². The Labute approximate surface area is 118 Å². The Hall–Kier alpha value is -1.30. The van der Waals surface area contributed by atoms with Crippen LogP contribution in [-0.4, -0.2) is 39.4 Å². The van der Waals surface area contributed by atoms with Gasteiger partial charge in [0.1, 0.15) is 18.2 Å². The molecule has 0 radical (unpaired) electrons. The van der Waals surface area contributed by atoms with Crippen molar-refractivity contribution in [2.75, 3.05) is 33.5 Å². The highest BCUT2D eigenvalue weighted by Crippen LogP contribution is 2.22. The first-order valence-electron chi connectivity index (χ1n) is 5.98. The molecule has 106 valence electrons. The van der Waals surface area contributed by atoms with Gasteiger partial charge in [0, 0.05) is 25.3 Å². The Kier molecular flexibility index (Phi) is 7.25. The number of rotatable bonds is 9. The Bertz CT molecular complexity index is 413. The van der Waals surface area contributed by atoms with Crippen molar-refractivity contribution in [3.8, 4) is 5.75 Å². The second kappa shape index (κ2) is 8.74. The van der Waals surface area contributed by atoms with Gasteiger partial charge in [-0.05, 0) is 24.6 Å². The van der Waals surface area contributed by atoms with E-state index < -0.39 is 0 Å². The van der Waals surface area contributed by atoms with Gasteiger partial charge in [-0.1, -0.05) is 11.6 Å². The zero-order valence-electron chi connectivity index (χ0n) is 10.9. The molecule has 0 saturated carbocycles. The van der Waals surface area contributed by atoms with E-state index in [1.54, 1.807) is 25.3 Å². The predicted molar refractivity (Wildman–Crippen MR) is 75.3 cm³/mol. The largest absolute Gasteiger partial charge is 0.490 e. The molecule has 19 heavy (non-hydrogen) atoms. The van der Waals surface area contributed by atoms with Crippen molar-refractivity contribution >= 4 is 17.4 Å². The molecule has 0 heterocycles. The lowest BCUT2D eigenvalue weighted by molar-refractivity contribution is 0.0806. The fourth-order valence-electron chi connectivity index (χ4n) is 1.46. The van der Waals surface area contributed by atoms with Crippen LogP contribution < -0.4 is 10.5 Å². The second-order valence-corrected chi connectivity index (χ2v) is 4.30. The normalized spacial score (nSPS) is 10.4. The molecule has 1 rings (SSSR count). The summed E-state index contributed by atoms with van der Waals surface area (Å²) >= 11 is 5.85. The molecule has 1 aromatic rings. The van der Waals surface area contributed by atoms with Gasteiger partial charge in [0.25, 0.3) is 0 Å². The first-order valence-corrected chi connectivity index (χ1v) is 6.36. The van der Waals surface area contributed by atoms with Gasteiger partial charge in [-0.15, -0.1) is 0 Å². The number of halogens is 1. The lowest BCUT2D eigenvalue weighted by Crippen LogP contribution is -2.15. The Morgan fingerprint density at radius 1 is 1.26 bits per heavy atom. The van der Waals surface area contributed by atoms with Crippen molar-refractivity contribution in [2.24, 2.45) is 5.73 Å². The van der Waals surface area contributed by atoms with E-state index in [4.69, 9.17) is 37.0 Å². The van der Waals surface area contributed by atoms with Gasteiger partial charge >= 0.3 is 0 Å². The minimum atomic E-state index is -0.0708. The van der Waals surface area contributed by atoms with Crippen LogP contribution in [0.25, 0.3) is 0 Å². The average molecular weight is 287 g/mol. The lowest BCUT2D eigenvalue weighted by Gasteiger charge is -2.11. The number of ether oxygens (including phenoxy) is 3. The van der Waals surface area contributed by atoms with E-state index in [2.05, 4.69) is 0 Å². The molecule has 0 aromatic heterocycles. The Morgan fingerprint density at radius 3 is 2.74 bits per heavy atom. The minimum Gasteiger partial charge on any atom is -0.490 e. The summed E-state index contributed by atoms with van der Waals surface area (Å²) in [5, 5.41) is 7.98. The Balaban J connectivity index is 2.35. The molecule has 0 bridgehead atoms. The molecule has 6 heteroatoms. The number of methoxy groups -OCH3 is 1. The number of benzene rings is 1. The standard InChI is InChI=1S/C13H19ClN2O3/c1-17-5-2-6-18-7-8-19-12-4-3-10(14)9-11(12)13(15)16/h3-4,9H,2,5-8H2,1H3,(H3,15,16). The van der Waals surface area contributed by atoms with E-state index in [0.717, 1.165) is 6.42 Å². The summed E-state index contributed by atoms with van der Waals surface area (Å²) < 4.78 is 15.8. The van der Waals surface area contributed by atoms with E-state index in [1.807, 2.05) is 0 Å². The third kappa shape index (κ3) is 5.92. The second-order valence-electron chi connectivity index (χ2n) is 3.86. The lowest BCUT2D eigenvalue weighted by atomic mass is 10.2. The highest BCUT2D eigenvalue weighted by molar-refractivity contribution is 6.31. The fraction of sp³-hybridized carbons (Fsp3) is 0.462. The number of hydrogen-bond acceptors (Lipinski definition) is 4. The topological polar surface area (TPSA) is 77.6 Å². The number of nitrogens with two attached hydrogens (primary N) is 1. The van der Waals surface area contributed by atoms with Crippen LogP contribution in [0, 0.1) is 5.41 Å². The maximum absolute atomic E-state index is 7.46. The molecule has 0 fully saturated rings. The van der Waals surface area contributed by atoms with Crippen molar-refractivity contribution in [3.05, 3.63) is 28.8 Å². The highest BCUT2D eigenvalue weighted by atomic mass is 35.5. The summed E-state index contributed by atoms with van der Waals surface area (Å²) in [4.78, 5) is 0. The van der Waals surface area contributed by atoms with Crippen molar-refractivity contribution in [1.82, 2.24) is 0 Å². The van der Waals surface area contributed by atoms with E-state index >= 15 is 0 Å². The van der Waals surface area contributed by atoms with Crippen molar-refractivity contribution < 1.29 is 14.2 Å². The third-order valence-corrected chi connectivity index (χ3v) is 2.59. The smallest absolute Gasteiger partial charge is 0.130 e. The van der Waals surface area contributed by atoms with Gasteiger partial charge in [0.15, 0.2) is 0 Å². The number of nitrogen functional groups attached to an aromatic ring is 1. The maximum Gasteiger partial charge on any atom is 0.130 e. The zero-order valence-corrected chi connectivity index (χ0v) is 11.7. The van der Waals surface area contributed by atoms with E-state index in [0.29, 0.717) is 42.8 Å². The Morgan fingerprint density at radius 2 is 2.05 bits per heavy atom. The number of amidine groups is 1. The van der Waals surface area contributed by atoms with Crippen LogP contribution in [0.4, 0.5) is 0 Å². The fourth-order valence-corrected chi connectivity index (χ4v) is 1.63.